The second-order valence-corrected chi connectivity index (χ2v) is 10.1. The van der Waals surface area contributed by atoms with Crippen LogP contribution >= 0.6 is 15.9 Å². The minimum absolute atomic E-state index is 0.204. The fraction of sp³-hybridized carbons (Fsp3) is 1.00. The van der Waals surface area contributed by atoms with Gasteiger partial charge in [0.25, 0.3) is 0 Å². The number of rotatable bonds is 6. The van der Waals surface area contributed by atoms with Crippen molar-refractivity contribution in [2.24, 2.45) is 17.8 Å². The quantitative estimate of drug-likeness (QED) is 0.630. The van der Waals surface area contributed by atoms with Crippen molar-refractivity contribution in [3.63, 3.8) is 0 Å². The third-order valence-corrected chi connectivity index (χ3v) is 8.93. The van der Waals surface area contributed by atoms with Crippen molar-refractivity contribution in [1.82, 2.24) is 0 Å². The molecule has 6 heteroatoms. The standard InChI is InChI=1S/C21H38BrNO4/c1-23-7-6-13-9-18(24-2)20(26-4)11-15(13)17(23)8-14-10-19(25-3)21(27-5)12-16(14)22/h13-21H,6-12H2,1-5H3/p+1. The van der Waals surface area contributed by atoms with Crippen LogP contribution in [0, 0.1) is 17.8 Å². The topological polar surface area (TPSA) is 41.4 Å². The molecule has 10 unspecified atom stereocenters. The van der Waals surface area contributed by atoms with Crippen LogP contribution in [0.25, 0.3) is 0 Å². The van der Waals surface area contributed by atoms with Crippen LogP contribution in [0.4, 0.5) is 0 Å². The van der Waals surface area contributed by atoms with Crippen LogP contribution in [0.2, 0.25) is 0 Å². The fourth-order valence-corrected chi connectivity index (χ4v) is 6.93. The molecule has 1 saturated heterocycles. The van der Waals surface area contributed by atoms with Crippen molar-refractivity contribution >= 4 is 15.9 Å². The van der Waals surface area contributed by atoms with Crippen molar-refractivity contribution in [2.45, 2.75) is 73.8 Å². The Bertz CT molecular complexity index is 467. The maximum absolute atomic E-state index is 5.82. The van der Waals surface area contributed by atoms with Gasteiger partial charge >= 0.3 is 0 Å². The molecule has 1 heterocycles. The number of piperidine rings is 1. The molecule has 0 aromatic carbocycles. The molecule has 3 rings (SSSR count). The SMILES string of the molecule is COC1CC(Br)C(CC2C3CC(OC)C(OC)CC3CC[NH+]2C)CC1OC. The van der Waals surface area contributed by atoms with E-state index in [4.69, 9.17) is 18.9 Å². The molecule has 3 aliphatic rings. The van der Waals surface area contributed by atoms with Crippen molar-refractivity contribution in [3.8, 4) is 0 Å². The molecule has 2 saturated carbocycles. The summed E-state index contributed by atoms with van der Waals surface area (Å²) < 4.78 is 23.0. The average molecular weight is 449 g/mol. The zero-order chi connectivity index (χ0) is 19.6. The van der Waals surface area contributed by atoms with Crippen molar-refractivity contribution in [1.29, 1.82) is 0 Å². The van der Waals surface area contributed by atoms with Crippen LogP contribution in [0.15, 0.2) is 0 Å². The summed E-state index contributed by atoms with van der Waals surface area (Å²) in [6, 6.07) is 0.695. The number of nitrogens with one attached hydrogen (secondary N) is 1. The molecule has 0 radical (unpaired) electrons. The number of likely N-dealkylation sites (tertiary alicyclic amines) is 1. The zero-order valence-corrected chi connectivity index (χ0v) is 19.2. The Labute approximate surface area is 173 Å². The monoisotopic (exact) mass is 448 g/mol. The van der Waals surface area contributed by atoms with Crippen LogP contribution in [0.5, 0.6) is 0 Å². The summed E-state index contributed by atoms with van der Waals surface area (Å²) in [7, 11) is 9.70. The molecule has 5 nitrogen and oxygen atoms in total. The Morgan fingerprint density at radius 2 is 1.37 bits per heavy atom. The Morgan fingerprint density at radius 1 is 0.815 bits per heavy atom. The van der Waals surface area contributed by atoms with Gasteiger partial charge in [-0.2, -0.15) is 0 Å². The van der Waals surface area contributed by atoms with Gasteiger partial charge in [-0.1, -0.05) is 15.9 Å². The number of hydrogen-bond donors (Lipinski definition) is 1. The van der Waals surface area contributed by atoms with E-state index in [9.17, 15) is 0 Å². The third kappa shape index (κ3) is 4.72. The largest absolute Gasteiger partial charge is 0.379 e. The number of methoxy groups -OCH3 is 4. The predicted molar refractivity (Wildman–Crippen MR) is 110 cm³/mol. The summed E-state index contributed by atoms with van der Waals surface area (Å²) in [5.41, 5.74) is 0. The average Bonchev–Trinajstić information content (AvgIpc) is 2.69. The van der Waals surface area contributed by atoms with Gasteiger partial charge in [0.05, 0.1) is 44.1 Å². The number of fused-ring (bicyclic) bond motifs is 1. The third-order valence-electron chi connectivity index (χ3n) is 7.81. The van der Waals surface area contributed by atoms with E-state index in [1.807, 2.05) is 21.3 Å². The van der Waals surface area contributed by atoms with Gasteiger partial charge in [0.2, 0.25) is 0 Å². The summed E-state index contributed by atoms with van der Waals surface area (Å²) >= 11 is 3.98. The van der Waals surface area contributed by atoms with Crippen LogP contribution in [0.3, 0.4) is 0 Å². The van der Waals surface area contributed by atoms with E-state index in [0.717, 1.165) is 37.5 Å². The second kappa shape index (κ2) is 9.86. The van der Waals surface area contributed by atoms with Gasteiger partial charge < -0.3 is 23.8 Å². The van der Waals surface area contributed by atoms with Crippen LogP contribution < -0.4 is 4.90 Å². The minimum Gasteiger partial charge on any atom is -0.379 e. The van der Waals surface area contributed by atoms with E-state index < -0.39 is 0 Å². The van der Waals surface area contributed by atoms with E-state index >= 15 is 0 Å². The molecule has 0 aromatic rings. The smallest absolute Gasteiger partial charge is 0.0907 e. The van der Waals surface area contributed by atoms with Gasteiger partial charge in [-0.3, -0.25) is 0 Å². The molecule has 0 bridgehead atoms. The fourth-order valence-electron chi connectivity index (χ4n) is 6.13. The highest BCUT2D eigenvalue weighted by atomic mass is 79.9. The van der Waals surface area contributed by atoms with Crippen molar-refractivity contribution < 1.29 is 23.8 Å². The second-order valence-electron chi connectivity index (χ2n) is 8.97. The number of alkyl halides is 1. The molecule has 158 valence electrons. The van der Waals surface area contributed by atoms with E-state index in [1.165, 1.54) is 19.4 Å². The van der Waals surface area contributed by atoms with Crippen molar-refractivity contribution in [2.75, 3.05) is 42.0 Å². The van der Waals surface area contributed by atoms with Gasteiger partial charge in [-0.15, -0.1) is 0 Å². The van der Waals surface area contributed by atoms with Gasteiger partial charge in [0.15, 0.2) is 0 Å². The Hall–Kier alpha value is 0.280. The molecule has 3 fully saturated rings. The number of quaternary nitrogens is 1. The first-order valence-corrected chi connectivity index (χ1v) is 11.5. The maximum Gasteiger partial charge on any atom is 0.0907 e. The highest BCUT2D eigenvalue weighted by molar-refractivity contribution is 9.09. The van der Waals surface area contributed by atoms with Gasteiger partial charge in [0.1, 0.15) is 0 Å². The molecular formula is C21H39BrNO4+. The molecule has 10 atom stereocenters. The molecular weight excluding hydrogens is 410 g/mol. The number of hydrogen-bond acceptors (Lipinski definition) is 4. The molecule has 0 aromatic heterocycles. The summed E-state index contributed by atoms with van der Waals surface area (Å²) in [6.07, 6.45) is 7.89. The van der Waals surface area contributed by atoms with Gasteiger partial charge in [0, 0.05) is 45.6 Å². The lowest BCUT2D eigenvalue weighted by atomic mass is 9.66. The maximum atomic E-state index is 5.82. The minimum atomic E-state index is 0.204. The van der Waals surface area contributed by atoms with E-state index in [1.54, 1.807) is 12.0 Å². The van der Waals surface area contributed by atoms with Crippen molar-refractivity contribution in [3.05, 3.63) is 0 Å². The summed E-state index contributed by atoms with van der Waals surface area (Å²) in [5.74, 6) is 2.15. The Morgan fingerprint density at radius 3 is 2.00 bits per heavy atom. The lowest BCUT2D eigenvalue weighted by Crippen LogP contribution is -3.15. The first kappa shape index (κ1) is 22.0. The Kier molecular flexibility index (Phi) is 8.02. The summed E-state index contributed by atoms with van der Waals surface area (Å²) in [6.45, 7) is 1.27. The van der Waals surface area contributed by atoms with E-state index in [2.05, 4.69) is 23.0 Å². The Balaban J connectivity index is 1.70. The highest BCUT2D eigenvalue weighted by Gasteiger charge is 2.48. The van der Waals surface area contributed by atoms with Crippen LogP contribution in [-0.2, 0) is 18.9 Å². The molecule has 0 amide bonds. The summed E-state index contributed by atoms with van der Waals surface area (Å²) in [4.78, 5) is 2.21. The number of ether oxygens (including phenoxy) is 4. The lowest BCUT2D eigenvalue weighted by molar-refractivity contribution is -0.919. The summed E-state index contributed by atoms with van der Waals surface area (Å²) in [5, 5.41) is 0. The first-order chi connectivity index (χ1) is 13.0. The zero-order valence-electron chi connectivity index (χ0n) is 17.7. The highest BCUT2D eigenvalue weighted by Crippen LogP contribution is 2.42. The molecule has 2 aliphatic carbocycles. The first-order valence-electron chi connectivity index (χ1n) is 10.6. The predicted octanol–water partition coefficient (Wildman–Crippen LogP) is 1.92. The van der Waals surface area contributed by atoms with E-state index in [-0.39, 0.29) is 24.4 Å². The molecule has 1 aliphatic heterocycles. The normalized spacial score (nSPS) is 48.2. The molecule has 27 heavy (non-hydrogen) atoms. The lowest BCUT2D eigenvalue weighted by Gasteiger charge is -2.49. The van der Waals surface area contributed by atoms with E-state index in [0.29, 0.717) is 16.8 Å². The molecule has 1 N–H and O–H groups in total. The van der Waals surface area contributed by atoms with Gasteiger partial charge in [-0.05, 0) is 43.9 Å². The van der Waals surface area contributed by atoms with Crippen LogP contribution in [0.1, 0.15) is 38.5 Å². The number of halogens is 1. The van der Waals surface area contributed by atoms with Crippen LogP contribution in [-0.4, -0.2) is 77.3 Å². The van der Waals surface area contributed by atoms with Gasteiger partial charge in [-0.25, -0.2) is 0 Å². The molecule has 0 spiro atoms.